The van der Waals surface area contributed by atoms with Gasteiger partial charge in [-0.3, -0.25) is 9.59 Å². The Labute approximate surface area is 168 Å². The van der Waals surface area contributed by atoms with Crippen molar-refractivity contribution in [1.29, 1.82) is 0 Å². The topological polar surface area (TPSA) is 40.6 Å². The van der Waals surface area contributed by atoms with Gasteiger partial charge in [0.1, 0.15) is 0 Å². The van der Waals surface area contributed by atoms with E-state index >= 15 is 0 Å². The standard InChI is InChI=1S/C21H24N2O2S2/c24-20(15-26-14-16-5-2-1-3-6-16)22-8-10-23(11-9-22)21(25)18-13-17(18)19-7-4-12-27-19/h1-7,12,17-18H,8-11,13-15H2. The molecule has 2 aromatic rings. The van der Waals surface area contributed by atoms with Gasteiger partial charge in [0.05, 0.1) is 5.75 Å². The number of rotatable bonds is 6. The Balaban J connectivity index is 1.18. The summed E-state index contributed by atoms with van der Waals surface area (Å²) in [5, 5.41) is 2.08. The van der Waals surface area contributed by atoms with Crippen molar-refractivity contribution in [3.8, 4) is 0 Å². The summed E-state index contributed by atoms with van der Waals surface area (Å²) in [4.78, 5) is 30.3. The summed E-state index contributed by atoms with van der Waals surface area (Å²) in [6.07, 6.45) is 0.981. The molecule has 1 aromatic heterocycles. The molecule has 1 aromatic carbocycles. The number of thiophene rings is 1. The minimum atomic E-state index is 0.160. The maximum atomic E-state index is 12.7. The van der Waals surface area contributed by atoms with Gasteiger partial charge in [0.2, 0.25) is 11.8 Å². The number of benzene rings is 1. The van der Waals surface area contributed by atoms with Crippen LogP contribution in [0.25, 0.3) is 0 Å². The summed E-state index contributed by atoms with van der Waals surface area (Å²) in [5.41, 5.74) is 1.25. The fraction of sp³-hybridized carbons (Fsp3) is 0.429. The van der Waals surface area contributed by atoms with Gasteiger partial charge in [-0.15, -0.1) is 23.1 Å². The van der Waals surface area contributed by atoms with E-state index in [2.05, 4.69) is 29.6 Å². The second-order valence-corrected chi connectivity index (χ2v) is 9.11. The van der Waals surface area contributed by atoms with Gasteiger partial charge in [0, 0.05) is 48.6 Å². The Bertz CT molecular complexity index is 771. The van der Waals surface area contributed by atoms with E-state index in [0.29, 0.717) is 37.8 Å². The molecule has 0 radical (unpaired) electrons. The van der Waals surface area contributed by atoms with Crippen LogP contribution in [-0.4, -0.2) is 53.5 Å². The highest BCUT2D eigenvalue weighted by molar-refractivity contribution is 7.99. The van der Waals surface area contributed by atoms with Gasteiger partial charge < -0.3 is 9.80 Å². The lowest BCUT2D eigenvalue weighted by Gasteiger charge is -2.35. The van der Waals surface area contributed by atoms with Crippen LogP contribution in [0, 0.1) is 5.92 Å². The summed E-state index contributed by atoms with van der Waals surface area (Å²) >= 11 is 3.40. The zero-order chi connectivity index (χ0) is 18.6. The van der Waals surface area contributed by atoms with Crippen LogP contribution in [0.3, 0.4) is 0 Å². The fourth-order valence-electron chi connectivity index (χ4n) is 3.62. The minimum Gasteiger partial charge on any atom is -0.339 e. The minimum absolute atomic E-state index is 0.160. The SMILES string of the molecule is O=C(CSCc1ccccc1)N1CCN(C(=O)C2CC2c2cccs2)CC1. The molecule has 1 aliphatic carbocycles. The van der Waals surface area contributed by atoms with Crippen molar-refractivity contribution in [3.05, 3.63) is 58.3 Å². The average Bonchev–Trinajstić information content (AvgIpc) is 3.32. The highest BCUT2D eigenvalue weighted by Crippen LogP contribution is 2.50. The molecule has 1 saturated heterocycles. The molecule has 2 amide bonds. The maximum Gasteiger partial charge on any atom is 0.232 e. The van der Waals surface area contributed by atoms with Crippen molar-refractivity contribution in [2.45, 2.75) is 18.1 Å². The van der Waals surface area contributed by atoms with Gasteiger partial charge in [-0.05, 0) is 23.4 Å². The molecule has 1 saturated carbocycles. The molecule has 0 N–H and O–H groups in total. The molecule has 6 heteroatoms. The third kappa shape index (κ3) is 4.55. The molecule has 27 heavy (non-hydrogen) atoms. The molecule has 2 heterocycles. The Kier molecular flexibility index (Phi) is 5.83. The summed E-state index contributed by atoms with van der Waals surface area (Å²) in [7, 11) is 0. The van der Waals surface area contributed by atoms with Crippen molar-refractivity contribution in [2.24, 2.45) is 5.92 Å². The van der Waals surface area contributed by atoms with E-state index in [9.17, 15) is 9.59 Å². The molecular formula is C21H24N2O2S2. The Hall–Kier alpha value is -1.79. The molecule has 142 valence electrons. The van der Waals surface area contributed by atoms with Crippen molar-refractivity contribution in [1.82, 2.24) is 9.80 Å². The van der Waals surface area contributed by atoms with Crippen molar-refractivity contribution in [2.75, 3.05) is 31.9 Å². The first kappa shape index (κ1) is 18.6. The quantitative estimate of drug-likeness (QED) is 0.746. The molecule has 0 bridgehead atoms. The first-order chi connectivity index (χ1) is 13.2. The number of amides is 2. The van der Waals surface area contributed by atoms with Crippen molar-refractivity contribution in [3.63, 3.8) is 0 Å². The summed E-state index contributed by atoms with van der Waals surface area (Å²) in [6.45, 7) is 2.66. The van der Waals surface area contributed by atoms with E-state index in [-0.39, 0.29) is 17.7 Å². The first-order valence-corrected chi connectivity index (χ1v) is 11.5. The molecule has 4 rings (SSSR count). The number of nitrogens with zero attached hydrogens (tertiary/aromatic N) is 2. The summed E-state index contributed by atoms with van der Waals surface area (Å²) in [5.74, 6) is 2.41. The predicted octanol–water partition coefficient (Wildman–Crippen LogP) is 3.46. The number of carbonyl (C=O) groups is 2. The molecule has 4 nitrogen and oxygen atoms in total. The highest BCUT2D eigenvalue weighted by Gasteiger charge is 2.46. The van der Waals surface area contributed by atoms with E-state index in [0.717, 1.165) is 12.2 Å². The van der Waals surface area contributed by atoms with Crippen LogP contribution < -0.4 is 0 Å². The van der Waals surface area contributed by atoms with Gasteiger partial charge in [-0.25, -0.2) is 0 Å². The van der Waals surface area contributed by atoms with Crippen LogP contribution >= 0.6 is 23.1 Å². The highest BCUT2D eigenvalue weighted by atomic mass is 32.2. The molecule has 2 aliphatic rings. The second-order valence-electron chi connectivity index (χ2n) is 7.15. The van der Waals surface area contributed by atoms with Crippen LogP contribution in [0.2, 0.25) is 0 Å². The van der Waals surface area contributed by atoms with Gasteiger partial charge in [-0.1, -0.05) is 36.4 Å². The smallest absolute Gasteiger partial charge is 0.232 e. The zero-order valence-electron chi connectivity index (χ0n) is 15.3. The number of carbonyl (C=O) groups excluding carboxylic acids is 2. The Morgan fingerprint density at radius 1 is 1.00 bits per heavy atom. The summed E-state index contributed by atoms with van der Waals surface area (Å²) < 4.78 is 0. The van der Waals surface area contributed by atoms with E-state index in [1.165, 1.54) is 10.4 Å². The van der Waals surface area contributed by atoms with Crippen LogP contribution in [-0.2, 0) is 15.3 Å². The first-order valence-electron chi connectivity index (χ1n) is 9.44. The third-order valence-corrected chi connectivity index (χ3v) is 7.29. The van der Waals surface area contributed by atoms with Crippen LogP contribution in [0.15, 0.2) is 47.8 Å². The van der Waals surface area contributed by atoms with E-state index in [1.807, 2.05) is 28.0 Å². The van der Waals surface area contributed by atoms with Crippen molar-refractivity contribution < 1.29 is 9.59 Å². The van der Waals surface area contributed by atoms with Gasteiger partial charge in [0.15, 0.2) is 0 Å². The number of hydrogen-bond acceptors (Lipinski definition) is 4. The zero-order valence-corrected chi connectivity index (χ0v) is 16.9. The van der Waals surface area contributed by atoms with E-state index < -0.39 is 0 Å². The predicted molar refractivity (Wildman–Crippen MR) is 111 cm³/mol. The Morgan fingerprint density at radius 2 is 1.74 bits per heavy atom. The van der Waals surface area contributed by atoms with Gasteiger partial charge in [0.25, 0.3) is 0 Å². The maximum absolute atomic E-state index is 12.7. The number of thioether (sulfide) groups is 1. The largest absolute Gasteiger partial charge is 0.339 e. The monoisotopic (exact) mass is 400 g/mol. The number of piperazine rings is 1. The van der Waals surface area contributed by atoms with Gasteiger partial charge >= 0.3 is 0 Å². The molecule has 2 unspecified atom stereocenters. The molecule has 0 spiro atoms. The molecule has 1 aliphatic heterocycles. The fourth-order valence-corrected chi connectivity index (χ4v) is 5.41. The average molecular weight is 401 g/mol. The normalized spacial score (nSPS) is 21.9. The van der Waals surface area contributed by atoms with Crippen LogP contribution in [0.4, 0.5) is 0 Å². The summed E-state index contributed by atoms with van der Waals surface area (Å²) in [6, 6.07) is 14.4. The van der Waals surface area contributed by atoms with Crippen molar-refractivity contribution >= 4 is 34.9 Å². The third-order valence-electron chi connectivity index (χ3n) is 5.30. The molecular weight excluding hydrogens is 376 g/mol. The van der Waals surface area contributed by atoms with Gasteiger partial charge in [-0.2, -0.15) is 0 Å². The molecule has 2 atom stereocenters. The van der Waals surface area contributed by atoms with Crippen LogP contribution in [0.1, 0.15) is 22.8 Å². The van der Waals surface area contributed by atoms with Crippen LogP contribution in [0.5, 0.6) is 0 Å². The Morgan fingerprint density at radius 3 is 2.44 bits per heavy atom. The second kappa shape index (κ2) is 8.48. The lowest BCUT2D eigenvalue weighted by molar-refractivity contribution is -0.139. The lowest BCUT2D eigenvalue weighted by Crippen LogP contribution is -2.51. The molecule has 2 fully saturated rings. The lowest BCUT2D eigenvalue weighted by atomic mass is 10.2. The van der Waals surface area contributed by atoms with E-state index in [4.69, 9.17) is 0 Å². The van der Waals surface area contributed by atoms with E-state index in [1.54, 1.807) is 23.1 Å². The number of hydrogen-bond donors (Lipinski definition) is 0.